The molecule has 0 atom stereocenters. The normalized spacial score (nSPS) is 13.8. The first-order valence-electron chi connectivity index (χ1n) is 7.39. The first-order chi connectivity index (χ1) is 10.9. The number of halogens is 1. The molecule has 1 heterocycles. The molecule has 1 saturated heterocycles. The summed E-state index contributed by atoms with van der Waals surface area (Å²) in [5, 5.41) is 14.1. The highest BCUT2D eigenvalue weighted by atomic mass is 35.5. The number of nitrogens with one attached hydrogen (secondary N) is 1. The minimum atomic E-state index is -0.516. The molecular formula is C15H21ClN4O4. The third-order valence-electron chi connectivity index (χ3n) is 3.92. The second-order valence-corrected chi connectivity index (χ2v) is 5.50. The van der Waals surface area contributed by atoms with E-state index in [0.717, 1.165) is 13.1 Å². The van der Waals surface area contributed by atoms with Crippen molar-refractivity contribution < 1.29 is 14.5 Å². The van der Waals surface area contributed by atoms with Crippen LogP contribution in [-0.2, 0) is 4.79 Å². The molecule has 1 N–H and O–H groups in total. The molecule has 9 heteroatoms. The van der Waals surface area contributed by atoms with E-state index >= 15 is 0 Å². The van der Waals surface area contributed by atoms with Crippen LogP contribution in [-0.4, -0.2) is 66.3 Å². The zero-order valence-corrected chi connectivity index (χ0v) is 14.5. The Labute approximate surface area is 146 Å². The fourth-order valence-corrected chi connectivity index (χ4v) is 2.55. The molecule has 0 unspecified atom stereocenters. The van der Waals surface area contributed by atoms with Crippen LogP contribution in [0.15, 0.2) is 18.2 Å². The third kappa shape index (κ3) is 4.42. The standard InChI is InChI=1S/C15H20N4O4.ClH/c1-11-12(4-3-5-13(11)19(22)23)15(21)17(2)10-14(20)18-8-6-16-7-9-18;/h3-5,16H,6-10H2,1-2H3;1H. The number of nitro benzene ring substituents is 1. The van der Waals surface area contributed by atoms with Gasteiger partial charge in [0.05, 0.1) is 11.5 Å². The van der Waals surface area contributed by atoms with E-state index in [1.54, 1.807) is 4.90 Å². The second-order valence-electron chi connectivity index (χ2n) is 5.50. The first-order valence-corrected chi connectivity index (χ1v) is 7.39. The van der Waals surface area contributed by atoms with Gasteiger partial charge in [-0.15, -0.1) is 12.4 Å². The van der Waals surface area contributed by atoms with Crippen molar-refractivity contribution in [2.24, 2.45) is 0 Å². The van der Waals surface area contributed by atoms with Crippen molar-refractivity contribution in [2.45, 2.75) is 6.92 Å². The molecule has 8 nitrogen and oxygen atoms in total. The van der Waals surface area contributed by atoms with Crippen LogP contribution in [0.3, 0.4) is 0 Å². The molecule has 1 fully saturated rings. The highest BCUT2D eigenvalue weighted by molar-refractivity contribution is 5.98. The van der Waals surface area contributed by atoms with Gasteiger partial charge in [0.15, 0.2) is 0 Å². The highest BCUT2D eigenvalue weighted by Crippen LogP contribution is 2.22. The Morgan fingerprint density at radius 3 is 2.54 bits per heavy atom. The molecule has 0 aliphatic carbocycles. The zero-order chi connectivity index (χ0) is 17.0. The van der Waals surface area contributed by atoms with Crippen molar-refractivity contribution in [3.63, 3.8) is 0 Å². The molecule has 0 saturated carbocycles. The van der Waals surface area contributed by atoms with Crippen LogP contribution in [0.1, 0.15) is 15.9 Å². The summed E-state index contributed by atoms with van der Waals surface area (Å²) in [6.07, 6.45) is 0. The van der Waals surface area contributed by atoms with Crippen LogP contribution in [0, 0.1) is 17.0 Å². The summed E-state index contributed by atoms with van der Waals surface area (Å²) in [6, 6.07) is 4.37. The van der Waals surface area contributed by atoms with Gasteiger partial charge in [-0.1, -0.05) is 6.07 Å². The van der Waals surface area contributed by atoms with Crippen LogP contribution < -0.4 is 5.32 Å². The monoisotopic (exact) mass is 356 g/mol. The number of hydrogen-bond acceptors (Lipinski definition) is 5. The number of likely N-dealkylation sites (N-methyl/N-ethyl adjacent to an activating group) is 1. The predicted molar refractivity (Wildman–Crippen MR) is 91.5 cm³/mol. The quantitative estimate of drug-likeness (QED) is 0.636. The van der Waals surface area contributed by atoms with Crippen LogP contribution in [0.2, 0.25) is 0 Å². The molecule has 24 heavy (non-hydrogen) atoms. The molecule has 1 aromatic carbocycles. The van der Waals surface area contributed by atoms with E-state index < -0.39 is 10.8 Å². The summed E-state index contributed by atoms with van der Waals surface area (Å²) >= 11 is 0. The number of nitrogens with zero attached hydrogens (tertiary/aromatic N) is 3. The average molecular weight is 357 g/mol. The predicted octanol–water partition coefficient (Wildman–Crippen LogP) is 0.829. The van der Waals surface area contributed by atoms with Crippen molar-refractivity contribution >= 4 is 29.9 Å². The molecule has 132 valence electrons. The summed E-state index contributed by atoms with van der Waals surface area (Å²) < 4.78 is 0. The fourth-order valence-electron chi connectivity index (χ4n) is 2.55. The van der Waals surface area contributed by atoms with E-state index in [9.17, 15) is 19.7 Å². The van der Waals surface area contributed by atoms with Crippen molar-refractivity contribution in [3.8, 4) is 0 Å². The minimum Gasteiger partial charge on any atom is -0.339 e. The first kappa shape index (κ1) is 19.9. The lowest BCUT2D eigenvalue weighted by Gasteiger charge is -2.29. The molecule has 0 bridgehead atoms. The smallest absolute Gasteiger partial charge is 0.273 e. The minimum absolute atomic E-state index is 0. The van der Waals surface area contributed by atoms with Crippen molar-refractivity contribution in [1.82, 2.24) is 15.1 Å². The molecule has 1 aromatic rings. The van der Waals surface area contributed by atoms with Crippen LogP contribution in [0.25, 0.3) is 0 Å². The SMILES string of the molecule is Cc1c(C(=O)N(C)CC(=O)N2CCNCC2)cccc1[N+](=O)[O-].Cl. The van der Waals surface area contributed by atoms with Crippen molar-refractivity contribution in [3.05, 3.63) is 39.4 Å². The van der Waals surface area contributed by atoms with Gasteiger partial charge in [0.25, 0.3) is 11.6 Å². The number of carbonyl (C=O) groups is 2. The number of piperazine rings is 1. The molecule has 0 radical (unpaired) electrons. The van der Waals surface area contributed by atoms with Gasteiger partial charge in [-0.3, -0.25) is 19.7 Å². The van der Waals surface area contributed by atoms with E-state index in [-0.39, 0.29) is 36.1 Å². The Kier molecular flexibility index (Phi) is 7.12. The van der Waals surface area contributed by atoms with Gasteiger partial charge in [0.2, 0.25) is 5.91 Å². The van der Waals surface area contributed by atoms with Gasteiger partial charge in [-0.25, -0.2) is 0 Å². The molecule has 1 aliphatic rings. The topological polar surface area (TPSA) is 95.8 Å². The lowest BCUT2D eigenvalue weighted by Crippen LogP contribution is -2.49. The largest absolute Gasteiger partial charge is 0.339 e. The molecule has 2 amide bonds. The maximum Gasteiger partial charge on any atom is 0.273 e. The van der Waals surface area contributed by atoms with E-state index in [2.05, 4.69) is 5.32 Å². The van der Waals surface area contributed by atoms with E-state index in [0.29, 0.717) is 18.7 Å². The molecular weight excluding hydrogens is 336 g/mol. The number of rotatable bonds is 4. The van der Waals surface area contributed by atoms with Gasteiger partial charge in [0, 0.05) is 50.4 Å². The van der Waals surface area contributed by atoms with E-state index in [4.69, 9.17) is 0 Å². The Bertz CT molecular complexity index is 632. The van der Waals surface area contributed by atoms with Crippen LogP contribution >= 0.6 is 12.4 Å². The van der Waals surface area contributed by atoms with Crippen LogP contribution in [0.4, 0.5) is 5.69 Å². The van der Waals surface area contributed by atoms with Gasteiger partial charge in [0.1, 0.15) is 0 Å². The van der Waals surface area contributed by atoms with Gasteiger partial charge < -0.3 is 15.1 Å². The van der Waals surface area contributed by atoms with Gasteiger partial charge in [-0.05, 0) is 13.0 Å². The lowest BCUT2D eigenvalue weighted by atomic mass is 10.1. The van der Waals surface area contributed by atoms with Gasteiger partial charge >= 0.3 is 0 Å². The summed E-state index contributed by atoms with van der Waals surface area (Å²) in [5.41, 5.74) is 0.455. The van der Waals surface area contributed by atoms with Crippen LogP contribution in [0.5, 0.6) is 0 Å². The zero-order valence-electron chi connectivity index (χ0n) is 13.7. The highest BCUT2D eigenvalue weighted by Gasteiger charge is 2.24. The average Bonchev–Trinajstić information content (AvgIpc) is 2.54. The van der Waals surface area contributed by atoms with Crippen molar-refractivity contribution in [2.75, 3.05) is 39.8 Å². The Balaban J connectivity index is 0.00000288. The van der Waals surface area contributed by atoms with E-state index in [1.807, 2.05) is 0 Å². The van der Waals surface area contributed by atoms with Gasteiger partial charge in [-0.2, -0.15) is 0 Å². The summed E-state index contributed by atoms with van der Waals surface area (Å²) in [6.45, 7) is 4.23. The molecule has 1 aliphatic heterocycles. The second kappa shape index (κ2) is 8.60. The maximum absolute atomic E-state index is 12.5. The number of nitro groups is 1. The van der Waals surface area contributed by atoms with E-state index in [1.165, 1.54) is 37.1 Å². The Morgan fingerprint density at radius 2 is 1.96 bits per heavy atom. The molecule has 2 rings (SSSR count). The number of carbonyl (C=O) groups excluding carboxylic acids is 2. The number of benzene rings is 1. The fraction of sp³-hybridized carbons (Fsp3) is 0.467. The number of amides is 2. The summed E-state index contributed by atoms with van der Waals surface area (Å²) in [4.78, 5) is 38.1. The molecule has 0 aromatic heterocycles. The molecule has 0 spiro atoms. The maximum atomic E-state index is 12.5. The Hall–Kier alpha value is -2.19. The third-order valence-corrected chi connectivity index (χ3v) is 3.92. The Morgan fingerprint density at radius 1 is 1.33 bits per heavy atom. The number of hydrogen-bond donors (Lipinski definition) is 1. The summed E-state index contributed by atoms with van der Waals surface area (Å²) in [5.74, 6) is -0.514. The summed E-state index contributed by atoms with van der Waals surface area (Å²) in [7, 11) is 1.53. The van der Waals surface area contributed by atoms with Crippen molar-refractivity contribution in [1.29, 1.82) is 0 Å². The lowest BCUT2D eigenvalue weighted by molar-refractivity contribution is -0.385.